The first kappa shape index (κ1) is 35.4. The number of carbonyl (C=O) groups is 3. The van der Waals surface area contributed by atoms with E-state index < -0.39 is 11.9 Å². The van der Waals surface area contributed by atoms with Crippen molar-refractivity contribution in [3.8, 4) is 11.3 Å². The summed E-state index contributed by atoms with van der Waals surface area (Å²) in [5, 5.41) is 13.8. The van der Waals surface area contributed by atoms with E-state index in [-0.39, 0.29) is 18.2 Å². The summed E-state index contributed by atoms with van der Waals surface area (Å²) in [6.45, 7) is 2.36. The Kier molecular flexibility index (Phi) is 8.97. The largest absolute Gasteiger partial charge is 0.340 e. The number of amides is 3. The van der Waals surface area contributed by atoms with Crippen LogP contribution >= 0.6 is 15.9 Å². The molecule has 3 aromatic heterocycles. The van der Waals surface area contributed by atoms with Crippen LogP contribution in [0.1, 0.15) is 58.8 Å². The monoisotopic (exact) mass is 823 g/mol. The number of piperidine rings is 2. The molecule has 3 amide bonds. The minimum atomic E-state index is -0.650. The van der Waals surface area contributed by atoms with Crippen LogP contribution < -0.4 is 16.0 Å². The number of anilines is 4. The molecule has 3 N–H and O–H groups in total. The Labute approximate surface area is 336 Å². The first-order chi connectivity index (χ1) is 27.8. The summed E-state index contributed by atoms with van der Waals surface area (Å²) < 4.78 is 3.04. The molecule has 0 bridgehead atoms. The maximum atomic E-state index is 13.1. The smallest absolute Gasteiger partial charge is 0.255 e. The molecular formula is C42H38BrN11O3. The number of aromatic nitrogens is 6. The van der Waals surface area contributed by atoms with Crippen LogP contribution in [0.15, 0.2) is 89.9 Å². The summed E-state index contributed by atoms with van der Waals surface area (Å²) >= 11 is 3.60. The Hall–Kier alpha value is -6.06. The van der Waals surface area contributed by atoms with Crippen molar-refractivity contribution in [2.24, 2.45) is 0 Å². The standard InChI is InChI=1S/C42H38BrN11O3/c43-33-2-1-3-34-39(33)49-35(21-45-34)27-20-46-54(23-27)30-11-14-52(15-12-30)31-18-24-4-5-29(16-25(24)19-31)48-42-44-13-10-37(50-42)47-28-6-7-32-26(17-28)22-53(41(32)57)36-8-9-38(55)51-40(36)56/h1-7,10,13,16-17,20-21,23,30-31,36H,8-9,11-12,14-15,18-19,22H2,(H,51,55,56)(H2,44,47,48,50). The Balaban J connectivity index is 0.742. The molecule has 1 aliphatic carbocycles. The van der Waals surface area contributed by atoms with Crippen molar-refractivity contribution in [1.29, 1.82) is 0 Å². The minimum Gasteiger partial charge on any atom is -0.340 e. The average molecular weight is 825 g/mol. The van der Waals surface area contributed by atoms with Crippen LogP contribution in [-0.2, 0) is 29.0 Å². The Morgan fingerprint density at radius 2 is 1.63 bits per heavy atom. The van der Waals surface area contributed by atoms with Crippen LogP contribution in [0.5, 0.6) is 0 Å². The Bertz CT molecular complexity index is 2590. The number of fused-ring (bicyclic) bond motifs is 3. The number of hydrogen-bond acceptors (Lipinski definition) is 11. The van der Waals surface area contributed by atoms with Crippen LogP contribution in [0.3, 0.4) is 0 Å². The number of benzene rings is 3. The number of imide groups is 1. The first-order valence-electron chi connectivity index (χ1n) is 19.3. The highest BCUT2D eigenvalue weighted by molar-refractivity contribution is 9.10. The fourth-order valence-corrected chi connectivity index (χ4v) is 9.12. The van der Waals surface area contributed by atoms with E-state index in [0.29, 0.717) is 42.4 Å². The minimum absolute atomic E-state index is 0.201. The Morgan fingerprint density at radius 3 is 2.51 bits per heavy atom. The van der Waals surface area contributed by atoms with Gasteiger partial charge < -0.3 is 15.5 Å². The molecule has 10 rings (SSSR count). The van der Waals surface area contributed by atoms with Gasteiger partial charge in [-0.25, -0.2) is 9.97 Å². The van der Waals surface area contributed by atoms with Gasteiger partial charge >= 0.3 is 0 Å². The van der Waals surface area contributed by atoms with Gasteiger partial charge in [-0.1, -0.05) is 12.1 Å². The van der Waals surface area contributed by atoms with Crippen molar-refractivity contribution in [1.82, 2.24) is 44.8 Å². The zero-order chi connectivity index (χ0) is 38.6. The maximum Gasteiger partial charge on any atom is 0.255 e. The molecule has 14 nitrogen and oxygen atoms in total. The predicted molar refractivity (Wildman–Crippen MR) is 217 cm³/mol. The van der Waals surface area contributed by atoms with Crippen LogP contribution in [0.2, 0.25) is 0 Å². The molecule has 4 aliphatic rings. The first-order valence-corrected chi connectivity index (χ1v) is 20.1. The average Bonchev–Trinajstić information content (AvgIpc) is 3.96. The number of halogens is 1. The lowest BCUT2D eigenvalue weighted by Crippen LogP contribution is -2.52. The molecule has 6 aromatic rings. The second kappa shape index (κ2) is 14.5. The van der Waals surface area contributed by atoms with Gasteiger partial charge in [0.1, 0.15) is 17.4 Å². The normalized spacial score (nSPS) is 19.8. The molecule has 2 atom stereocenters. The van der Waals surface area contributed by atoms with Crippen molar-refractivity contribution in [3.63, 3.8) is 0 Å². The third-order valence-electron chi connectivity index (χ3n) is 11.6. The van der Waals surface area contributed by atoms with E-state index in [2.05, 4.69) is 75.8 Å². The fraction of sp³-hybridized carbons (Fsp3) is 0.286. The molecule has 286 valence electrons. The van der Waals surface area contributed by atoms with Crippen LogP contribution in [0.4, 0.5) is 23.1 Å². The van der Waals surface area contributed by atoms with Crippen molar-refractivity contribution in [2.75, 3.05) is 23.7 Å². The molecule has 0 spiro atoms. The zero-order valence-corrected chi connectivity index (χ0v) is 32.4. The number of nitrogens with one attached hydrogen (secondary N) is 3. The van der Waals surface area contributed by atoms with Gasteiger partial charge in [0.05, 0.1) is 29.6 Å². The van der Waals surface area contributed by atoms with E-state index in [1.807, 2.05) is 42.7 Å². The molecule has 2 saturated heterocycles. The zero-order valence-electron chi connectivity index (χ0n) is 30.9. The van der Waals surface area contributed by atoms with E-state index in [1.54, 1.807) is 23.2 Å². The molecule has 57 heavy (non-hydrogen) atoms. The summed E-state index contributed by atoms with van der Waals surface area (Å²) in [6, 6.07) is 19.9. The van der Waals surface area contributed by atoms with E-state index in [0.717, 1.165) is 82.5 Å². The summed E-state index contributed by atoms with van der Waals surface area (Å²) in [4.78, 5) is 60.0. The number of carbonyl (C=O) groups excluding carboxylic acids is 3. The van der Waals surface area contributed by atoms with E-state index in [1.165, 1.54) is 11.1 Å². The van der Waals surface area contributed by atoms with Crippen LogP contribution in [0, 0.1) is 0 Å². The molecule has 2 unspecified atom stereocenters. The van der Waals surface area contributed by atoms with Gasteiger partial charge in [-0.15, -0.1) is 0 Å². The summed E-state index contributed by atoms with van der Waals surface area (Å²) in [6.07, 6.45) is 12.2. The third-order valence-corrected chi connectivity index (χ3v) is 12.3. The maximum absolute atomic E-state index is 13.1. The van der Waals surface area contributed by atoms with Gasteiger partial charge in [0.25, 0.3) is 5.91 Å². The van der Waals surface area contributed by atoms with Gasteiger partial charge in [-0.2, -0.15) is 10.1 Å². The van der Waals surface area contributed by atoms with Gasteiger partial charge in [0, 0.05) is 71.5 Å². The number of hydrogen-bond donors (Lipinski definition) is 3. The fourth-order valence-electron chi connectivity index (χ4n) is 8.67. The molecular weight excluding hydrogens is 786 g/mol. The molecule has 3 aliphatic heterocycles. The van der Waals surface area contributed by atoms with E-state index >= 15 is 0 Å². The second-order valence-electron chi connectivity index (χ2n) is 15.2. The lowest BCUT2D eigenvalue weighted by Gasteiger charge is -2.36. The molecule has 0 saturated carbocycles. The SMILES string of the molecule is O=C1CCC(N2Cc3cc(Nc4ccnc(Nc5ccc6c(c5)CC(N5CCC(n7cc(-c8cnc9cccc(Br)c9n8)cn7)CC5)C6)n4)ccc3C2=O)C(=O)N1. The van der Waals surface area contributed by atoms with Crippen LogP contribution in [-0.4, -0.2) is 82.4 Å². The van der Waals surface area contributed by atoms with E-state index in [9.17, 15) is 14.4 Å². The molecule has 15 heteroatoms. The number of nitrogens with zero attached hydrogens (tertiary/aromatic N) is 8. The van der Waals surface area contributed by atoms with Crippen LogP contribution in [0.25, 0.3) is 22.3 Å². The van der Waals surface area contributed by atoms with Crippen molar-refractivity contribution >= 4 is 67.8 Å². The summed E-state index contributed by atoms with van der Waals surface area (Å²) in [5.41, 5.74) is 9.33. The van der Waals surface area contributed by atoms with Crippen molar-refractivity contribution < 1.29 is 14.4 Å². The van der Waals surface area contributed by atoms with Gasteiger partial charge in [-0.05, 0) is 113 Å². The molecule has 3 aromatic carbocycles. The molecule has 0 radical (unpaired) electrons. The van der Waals surface area contributed by atoms with E-state index in [4.69, 9.17) is 15.1 Å². The van der Waals surface area contributed by atoms with Crippen molar-refractivity contribution in [2.45, 2.75) is 63.2 Å². The van der Waals surface area contributed by atoms with Gasteiger partial charge in [0.15, 0.2) is 0 Å². The molecule has 6 heterocycles. The van der Waals surface area contributed by atoms with Crippen molar-refractivity contribution in [3.05, 3.63) is 112 Å². The quantitative estimate of drug-likeness (QED) is 0.152. The topological polar surface area (TPSA) is 163 Å². The summed E-state index contributed by atoms with van der Waals surface area (Å²) in [5.74, 6) is 0.149. The highest BCUT2D eigenvalue weighted by Gasteiger charge is 2.39. The van der Waals surface area contributed by atoms with Gasteiger partial charge in [-0.3, -0.25) is 34.3 Å². The highest BCUT2D eigenvalue weighted by atomic mass is 79.9. The number of para-hydroxylation sites is 1. The van der Waals surface area contributed by atoms with Gasteiger partial charge in [0.2, 0.25) is 17.8 Å². The third kappa shape index (κ3) is 6.90. The highest BCUT2D eigenvalue weighted by Crippen LogP contribution is 2.34. The summed E-state index contributed by atoms with van der Waals surface area (Å²) in [7, 11) is 0. The second-order valence-corrected chi connectivity index (χ2v) is 16.0. The number of rotatable bonds is 8. The molecule has 2 fully saturated rings. The number of likely N-dealkylation sites (tertiary alicyclic amines) is 1. The lowest BCUT2D eigenvalue weighted by atomic mass is 10.0. The predicted octanol–water partition coefficient (Wildman–Crippen LogP) is 6.10. The Morgan fingerprint density at radius 1 is 0.807 bits per heavy atom. The lowest BCUT2D eigenvalue weighted by molar-refractivity contribution is -0.136.